The Balaban J connectivity index is 1.85. The van der Waals surface area contributed by atoms with Gasteiger partial charge in [-0.1, -0.05) is 72.8 Å². The first-order chi connectivity index (χ1) is 17.3. The van der Waals surface area contributed by atoms with E-state index in [0.29, 0.717) is 11.1 Å². The van der Waals surface area contributed by atoms with E-state index < -0.39 is 29.4 Å². The van der Waals surface area contributed by atoms with Crippen LogP contribution in [0.4, 0.5) is 8.78 Å². The Labute approximate surface area is 209 Å². The summed E-state index contributed by atoms with van der Waals surface area (Å²) >= 11 is 0. The van der Waals surface area contributed by atoms with Gasteiger partial charge in [-0.2, -0.15) is 0 Å². The summed E-state index contributed by atoms with van der Waals surface area (Å²) in [4.78, 5) is 43.4. The summed E-state index contributed by atoms with van der Waals surface area (Å²) in [5.41, 5.74) is 0.823. The van der Waals surface area contributed by atoms with E-state index >= 15 is 4.39 Å². The molecule has 0 N–H and O–H groups in total. The minimum absolute atomic E-state index is 0.00247. The van der Waals surface area contributed by atoms with Crippen molar-refractivity contribution in [1.29, 1.82) is 0 Å². The first kappa shape index (κ1) is 25.4. The molecule has 4 rings (SSSR count). The molecule has 1 aliphatic heterocycles. The molecule has 0 aromatic heterocycles. The number of hydrogen-bond donors (Lipinski definition) is 0. The molecular formula is C29H28F2N2O3. The highest BCUT2D eigenvalue weighted by Gasteiger charge is 2.46. The van der Waals surface area contributed by atoms with Gasteiger partial charge in [0.25, 0.3) is 0 Å². The lowest BCUT2D eigenvalue weighted by Crippen LogP contribution is -2.52. The van der Waals surface area contributed by atoms with E-state index in [9.17, 15) is 18.8 Å². The summed E-state index contributed by atoms with van der Waals surface area (Å²) in [7, 11) is 3.27. The van der Waals surface area contributed by atoms with Crippen LogP contribution in [0.15, 0.2) is 78.9 Å². The third kappa shape index (κ3) is 5.26. The zero-order valence-electron chi connectivity index (χ0n) is 20.2. The molecule has 1 aliphatic rings. The highest BCUT2D eigenvalue weighted by Crippen LogP contribution is 2.42. The number of carbonyl (C=O) groups excluding carboxylic acids is 3. The largest absolute Gasteiger partial charge is 0.348 e. The maximum absolute atomic E-state index is 15.2. The number of likely N-dealkylation sites (N-methyl/N-ethyl adjacent to an activating group) is 1. The average molecular weight is 491 g/mol. The van der Waals surface area contributed by atoms with Crippen LogP contribution in [0, 0.1) is 23.5 Å². The summed E-state index contributed by atoms with van der Waals surface area (Å²) < 4.78 is 29.6. The lowest BCUT2D eigenvalue weighted by atomic mass is 9.68. The second-order valence-electron chi connectivity index (χ2n) is 9.32. The van der Waals surface area contributed by atoms with Gasteiger partial charge in [0.05, 0.1) is 6.54 Å². The van der Waals surface area contributed by atoms with Crippen molar-refractivity contribution in [2.24, 2.45) is 11.8 Å². The SMILES string of the molecule is CN(C)C(=O)CN1C[C@H](C(=O)c2ccccc2)C(c2cccc(F)c2F)[C@@H](C(=O)c2ccccc2)C1. The zero-order chi connectivity index (χ0) is 25.8. The van der Waals surface area contributed by atoms with Gasteiger partial charge in [-0.15, -0.1) is 0 Å². The Morgan fingerprint density at radius 1 is 0.778 bits per heavy atom. The van der Waals surface area contributed by atoms with E-state index in [0.717, 1.165) is 6.07 Å². The van der Waals surface area contributed by atoms with Gasteiger partial charge in [0, 0.05) is 56.1 Å². The number of rotatable bonds is 7. The molecule has 3 aromatic carbocycles. The van der Waals surface area contributed by atoms with Crippen molar-refractivity contribution in [3.8, 4) is 0 Å². The Bertz CT molecular complexity index is 1190. The number of piperidine rings is 1. The first-order valence-corrected chi connectivity index (χ1v) is 11.8. The molecule has 36 heavy (non-hydrogen) atoms. The Morgan fingerprint density at radius 2 is 1.28 bits per heavy atom. The van der Waals surface area contributed by atoms with Gasteiger partial charge in [-0.25, -0.2) is 8.78 Å². The predicted molar refractivity (Wildman–Crippen MR) is 133 cm³/mol. The van der Waals surface area contributed by atoms with Crippen LogP contribution in [0.1, 0.15) is 32.2 Å². The van der Waals surface area contributed by atoms with Gasteiger partial charge in [0.1, 0.15) is 0 Å². The molecule has 2 atom stereocenters. The number of Topliss-reactive ketones (excluding diaryl/α,β-unsaturated/α-hetero) is 2. The van der Waals surface area contributed by atoms with Crippen molar-refractivity contribution in [3.05, 3.63) is 107 Å². The van der Waals surface area contributed by atoms with Crippen LogP contribution in [0.5, 0.6) is 0 Å². The normalized spacial score (nSPS) is 18.6. The molecule has 3 aromatic rings. The number of ketones is 2. The second kappa shape index (κ2) is 10.9. The van der Waals surface area contributed by atoms with Crippen molar-refractivity contribution in [2.45, 2.75) is 5.92 Å². The lowest BCUT2D eigenvalue weighted by Gasteiger charge is -2.43. The van der Waals surface area contributed by atoms with Crippen LogP contribution in [0.2, 0.25) is 0 Å². The predicted octanol–water partition coefficient (Wildman–Crippen LogP) is 4.45. The fourth-order valence-corrected chi connectivity index (χ4v) is 4.94. The van der Waals surface area contributed by atoms with Crippen LogP contribution < -0.4 is 0 Å². The van der Waals surface area contributed by atoms with Crippen molar-refractivity contribution >= 4 is 17.5 Å². The molecule has 7 heteroatoms. The molecule has 0 radical (unpaired) electrons. The fourth-order valence-electron chi connectivity index (χ4n) is 4.94. The molecule has 0 unspecified atom stereocenters. The maximum Gasteiger partial charge on any atom is 0.236 e. The fraction of sp³-hybridized carbons (Fsp3) is 0.276. The smallest absolute Gasteiger partial charge is 0.236 e. The first-order valence-electron chi connectivity index (χ1n) is 11.8. The van der Waals surface area contributed by atoms with Gasteiger partial charge in [-0.3, -0.25) is 19.3 Å². The Hall–Kier alpha value is -3.71. The van der Waals surface area contributed by atoms with Gasteiger partial charge >= 0.3 is 0 Å². The van der Waals surface area contributed by atoms with Gasteiger partial charge < -0.3 is 4.90 Å². The molecule has 0 aliphatic carbocycles. The van der Waals surface area contributed by atoms with Crippen molar-refractivity contribution in [2.75, 3.05) is 33.7 Å². The minimum atomic E-state index is -1.06. The highest BCUT2D eigenvalue weighted by atomic mass is 19.2. The molecule has 0 bridgehead atoms. The molecule has 186 valence electrons. The summed E-state index contributed by atoms with van der Waals surface area (Å²) in [6.45, 7) is 0.265. The van der Waals surface area contributed by atoms with E-state index in [1.807, 2.05) is 0 Å². The third-order valence-electron chi connectivity index (χ3n) is 6.77. The quantitative estimate of drug-likeness (QED) is 0.459. The summed E-state index contributed by atoms with van der Waals surface area (Å²) in [6, 6.07) is 21.0. The van der Waals surface area contributed by atoms with Crippen molar-refractivity contribution in [3.63, 3.8) is 0 Å². The molecule has 5 nitrogen and oxygen atoms in total. The molecule has 1 saturated heterocycles. The van der Waals surface area contributed by atoms with E-state index in [4.69, 9.17) is 0 Å². The Kier molecular flexibility index (Phi) is 7.70. The van der Waals surface area contributed by atoms with Gasteiger partial charge in [0.15, 0.2) is 23.2 Å². The lowest BCUT2D eigenvalue weighted by molar-refractivity contribution is -0.130. The van der Waals surface area contributed by atoms with Crippen LogP contribution in [0.25, 0.3) is 0 Å². The number of benzene rings is 3. The van der Waals surface area contributed by atoms with E-state index in [-0.39, 0.29) is 42.7 Å². The standard InChI is InChI=1S/C29H28F2N2O3/c1-32(2)25(34)18-33-16-22(28(35)19-10-5-3-6-11-19)26(21-14-9-15-24(30)27(21)31)23(17-33)29(36)20-12-7-4-8-13-20/h3-15,22-23,26H,16-18H2,1-2H3/t22-,23-/m0/s1. The molecule has 1 fully saturated rings. The molecule has 0 saturated carbocycles. The number of nitrogens with zero attached hydrogens (tertiary/aromatic N) is 2. The van der Waals surface area contributed by atoms with E-state index in [1.54, 1.807) is 79.7 Å². The molecular weight excluding hydrogens is 462 g/mol. The van der Waals surface area contributed by atoms with Crippen molar-refractivity contribution < 1.29 is 23.2 Å². The van der Waals surface area contributed by atoms with Crippen LogP contribution in [-0.4, -0.2) is 61.0 Å². The molecule has 1 heterocycles. The molecule has 0 spiro atoms. The number of amides is 1. The van der Waals surface area contributed by atoms with Crippen molar-refractivity contribution in [1.82, 2.24) is 9.80 Å². The molecule has 1 amide bonds. The summed E-state index contributed by atoms with van der Waals surface area (Å²) in [5.74, 6) is -5.48. The average Bonchev–Trinajstić information content (AvgIpc) is 2.90. The van der Waals surface area contributed by atoms with Gasteiger partial charge in [-0.05, 0) is 11.6 Å². The van der Waals surface area contributed by atoms with Crippen LogP contribution in [0.3, 0.4) is 0 Å². The minimum Gasteiger partial charge on any atom is -0.348 e. The zero-order valence-corrected chi connectivity index (χ0v) is 20.2. The van der Waals surface area contributed by atoms with Crippen LogP contribution in [-0.2, 0) is 4.79 Å². The third-order valence-corrected chi connectivity index (χ3v) is 6.77. The van der Waals surface area contributed by atoms with E-state index in [1.165, 1.54) is 17.0 Å². The van der Waals surface area contributed by atoms with E-state index in [2.05, 4.69) is 0 Å². The maximum atomic E-state index is 15.2. The number of carbonyl (C=O) groups is 3. The number of halogens is 2. The van der Waals surface area contributed by atoms with Gasteiger partial charge in [0.2, 0.25) is 5.91 Å². The van der Waals surface area contributed by atoms with Crippen LogP contribution >= 0.6 is 0 Å². The summed E-state index contributed by atoms with van der Waals surface area (Å²) in [6.07, 6.45) is 0. The number of hydrogen-bond acceptors (Lipinski definition) is 4. The second-order valence-corrected chi connectivity index (χ2v) is 9.32. The topological polar surface area (TPSA) is 57.7 Å². The number of likely N-dealkylation sites (tertiary alicyclic amines) is 1. The summed E-state index contributed by atoms with van der Waals surface area (Å²) in [5, 5.41) is 0. The monoisotopic (exact) mass is 490 g/mol. The highest BCUT2D eigenvalue weighted by molar-refractivity contribution is 6.02. The Morgan fingerprint density at radius 3 is 1.75 bits per heavy atom.